The van der Waals surface area contributed by atoms with E-state index in [1.54, 1.807) is 7.11 Å². The van der Waals surface area contributed by atoms with Crippen LogP contribution >= 0.6 is 0 Å². The van der Waals surface area contributed by atoms with Crippen molar-refractivity contribution in [2.24, 2.45) is 0 Å². The average molecular weight is 234 g/mol. The maximum absolute atomic E-state index is 5.56. The van der Waals surface area contributed by atoms with Crippen molar-refractivity contribution in [3.8, 4) is 0 Å². The molecule has 0 aliphatic rings. The molecule has 2 aromatic rings. The van der Waals surface area contributed by atoms with Crippen LogP contribution < -0.4 is 5.32 Å². The van der Waals surface area contributed by atoms with Crippen LogP contribution in [0.1, 0.15) is 19.7 Å². The van der Waals surface area contributed by atoms with Crippen LogP contribution in [-0.4, -0.2) is 24.7 Å². The van der Waals surface area contributed by atoms with Gasteiger partial charge in [-0.25, -0.2) is 4.98 Å². The predicted octanol–water partition coefficient (Wildman–Crippen LogP) is 2.84. The maximum Gasteiger partial charge on any atom is 0.195 e. The number of nitrogens with one attached hydrogen (secondary N) is 1. The molecule has 4 heteroatoms. The number of aromatic nitrogens is 1. The number of anilines is 1. The molecule has 4 nitrogen and oxygen atoms in total. The molecule has 1 N–H and O–H groups in total. The van der Waals surface area contributed by atoms with Gasteiger partial charge in [-0.2, -0.15) is 0 Å². The molecule has 0 fully saturated rings. The molecule has 1 aromatic carbocycles. The number of aryl methyl sites for hydroxylation is 1. The van der Waals surface area contributed by atoms with Gasteiger partial charge < -0.3 is 14.5 Å². The Morgan fingerprint density at radius 2 is 2.29 bits per heavy atom. The Balaban J connectivity index is 2.19. The first kappa shape index (κ1) is 11.9. The Kier molecular flexibility index (Phi) is 3.64. The highest BCUT2D eigenvalue weighted by Gasteiger charge is 2.06. The zero-order valence-electron chi connectivity index (χ0n) is 10.5. The topological polar surface area (TPSA) is 47.3 Å². The zero-order chi connectivity index (χ0) is 12.3. The lowest BCUT2D eigenvalue weighted by Gasteiger charge is -2.13. The van der Waals surface area contributed by atoms with E-state index in [2.05, 4.69) is 17.2 Å². The number of ether oxygens (including phenoxy) is 1. The molecule has 0 saturated heterocycles. The summed E-state index contributed by atoms with van der Waals surface area (Å²) >= 11 is 0. The Morgan fingerprint density at radius 1 is 1.47 bits per heavy atom. The molecule has 1 atom stereocenters. The molecule has 0 amide bonds. The van der Waals surface area contributed by atoms with E-state index in [1.165, 1.54) is 0 Å². The molecule has 0 aliphatic carbocycles. The summed E-state index contributed by atoms with van der Waals surface area (Å²) in [7, 11) is 1.70. The van der Waals surface area contributed by atoms with Crippen LogP contribution in [0.25, 0.3) is 11.1 Å². The van der Waals surface area contributed by atoms with E-state index in [4.69, 9.17) is 9.15 Å². The molecule has 17 heavy (non-hydrogen) atoms. The number of benzene rings is 1. The van der Waals surface area contributed by atoms with Crippen LogP contribution in [0.3, 0.4) is 0 Å². The molecule has 0 spiro atoms. The molecule has 0 radical (unpaired) electrons. The van der Waals surface area contributed by atoms with Crippen molar-refractivity contribution in [3.63, 3.8) is 0 Å². The number of nitrogens with zero attached hydrogens (tertiary/aromatic N) is 1. The lowest BCUT2D eigenvalue weighted by Crippen LogP contribution is -2.20. The van der Waals surface area contributed by atoms with Crippen molar-refractivity contribution in [2.75, 3.05) is 19.0 Å². The van der Waals surface area contributed by atoms with Crippen LogP contribution in [0.15, 0.2) is 22.6 Å². The van der Waals surface area contributed by atoms with Gasteiger partial charge in [0.2, 0.25) is 0 Å². The van der Waals surface area contributed by atoms with E-state index < -0.39 is 0 Å². The van der Waals surface area contributed by atoms with Gasteiger partial charge in [0.1, 0.15) is 5.52 Å². The summed E-state index contributed by atoms with van der Waals surface area (Å²) in [4.78, 5) is 4.41. The van der Waals surface area contributed by atoms with Gasteiger partial charge in [-0.15, -0.1) is 0 Å². The van der Waals surface area contributed by atoms with Crippen molar-refractivity contribution in [1.82, 2.24) is 4.98 Å². The molecule has 0 bridgehead atoms. The van der Waals surface area contributed by atoms with Crippen molar-refractivity contribution < 1.29 is 9.15 Å². The van der Waals surface area contributed by atoms with Crippen LogP contribution in [0, 0.1) is 0 Å². The summed E-state index contributed by atoms with van der Waals surface area (Å²) in [5.74, 6) is 0.780. The van der Waals surface area contributed by atoms with E-state index >= 15 is 0 Å². The fourth-order valence-electron chi connectivity index (χ4n) is 1.79. The highest BCUT2D eigenvalue weighted by atomic mass is 16.5. The van der Waals surface area contributed by atoms with Gasteiger partial charge in [0.05, 0.1) is 6.61 Å². The molecule has 0 aliphatic heterocycles. The summed E-state index contributed by atoms with van der Waals surface area (Å²) < 4.78 is 10.6. The molecule has 2 rings (SSSR count). The number of hydrogen-bond donors (Lipinski definition) is 1. The third-order valence-electron chi connectivity index (χ3n) is 2.56. The number of fused-ring (bicyclic) bond motifs is 1. The smallest absolute Gasteiger partial charge is 0.195 e. The maximum atomic E-state index is 5.56. The van der Waals surface area contributed by atoms with E-state index in [9.17, 15) is 0 Å². The summed E-state index contributed by atoms with van der Waals surface area (Å²) in [6, 6.07) is 6.22. The first-order valence-corrected chi connectivity index (χ1v) is 5.88. The molecule has 1 heterocycles. The minimum Gasteiger partial charge on any atom is -0.441 e. The summed E-state index contributed by atoms with van der Waals surface area (Å²) in [5, 5.41) is 3.36. The number of rotatable bonds is 5. The summed E-state index contributed by atoms with van der Waals surface area (Å²) in [6.07, 6.45) is 0.817. The highest BCUT2D eigenvalue weighted by Crippen LogP contribution is 2.20. The monoisotopic (exact) mass is 234 g/mol. The summed E-state index contributed by atoms with van der Waals surface area (Å²) in [6.45, 7) is 4.79. The van der Waals surface area contributed by atoms with Crippen LogP contribution in [0.2, 0.25) is 0 Å². The third kappa shape index (κ3) is 2.77. The first-order chi connectivity index (χ1) is 8.22. The first-order valence-electron chi connectivity index (χ1n) is 5.88. The average Bonchev–Trinajstić information content (AvgIpc) is 2.71. The molecule has 1 unspecified atom stereocenters. The Hall–Kier alpha value is -1.55. The largest absolute Gasteiger partial charge is 0.441 e. The summed E-state index contributed by atoms with van der Waals surface area (Å²) in [5.41, 5.74) is 2.78. The standard InChI is InChI=1S/C13H18N2O2/c1-4-13-15-11-7-10(5-6-12(11)17-13)14-9(2)8-16-3/h5-7,9,14H,4,8H2,1-3H3. The van der Waals surface area contributed by atoms with Gasteiger partial charge in [-0.1, -0.05) is 6.92 Å². The van der Waals surface area contributed by atoms with Gasteiger partial charge in [-0.3, -0.25) is 0 Å². The number of hydrogen-bond acceptors (Lipinski definition) is 4. The minimum atomic E-state index is 0.273. The van der Waals surface area contributed by atoms with Gasteiger partial charge >= 0.3 is 0 Å². The fraction of sp³-hybridized carbons (Fsp3) is 0.462. The van der Waals surface area contributed by atoms with Gasteiger partial charge in [0.25, 0.3) is 0 Å². The Morgan fingerprint density at radius 3 is 3.00 bits per heavy atom. The molecular formula is C13H18N2O2. The molecular weight excluding hydrogens is 216 g/mol. The second kappa shape index (κ2) is 5.19. The van der Waals surface area contributed by atoms with E-state index in [0.29, 0.717) is 6.61 Å². The lowest BCUT2D eigenvalue weighted by atomic mass is 10.2. The van der Waals surface area contributed by atoms with Crippen molar-refractivity contribution in [3.05, 3.63) is 24.1 Å². The highest BCUT2D eigenvalue weighted by molar-refractivity contribution is 5.77. The van der Waals surface area contributed by atoms with Crippen molar-refractivity contribution >= 4 is 16.8 Å². The van der Waals surface area contributed by atoms with Crippen molar-refractivity contribution in [1.29, 1.82) is 0 Å². The van der Waals surface area contributed by atoms with Gasteiger partial charge in [0, 0.05) is 25.3 Å². The quantitative estimate of drug-likeness (QED) is 0.864. The van der Waals surface area contributed by atoms with Crippen molar-refractivity contribution in [2.45, 2.75) is 26.3 Å². The SMILES string of the molecule is CCc1nc2cc(NC(C)COC)ccc2o1. The Bertz CT molecular complexity index is 493. The lowest BCUT2D eigenvalue weighted by molar-refractivity contribution is 0.190. The second-order valence-corrected chi connectivity index (χ2v) is 4.14. The van der Waals surface area contributed by atoms with E-state index in [1.807, 2.05) is 25.1 Å². The molecule has 92 valence electrons. The normalized spacial score (nSPS) is 12.9. The van der Waals surface area contributed by atoms with Crippen LogP contribution in [0.4, 0.5) is 5.69 Å². The molecule has 0 saturated carbocycles. The van der Waals surface area contributed by atoms with E-state index in [0.717, 1.165) is 29.1 Å². The Labute approximate surface area is 101 Å². The number of oxazole rings is 1. The second-order valence-electron chi connectivity index (χ2n) is 4.14. The third-order valence-corrected chi connectivity index (χ3v) is 2.56. The molecule has 1 aromatic heterocycles. The minimum absolute atomic E-state index is 0.273. The van der Waals surface area contributed by atoms with Crippen LogP contribution in [0.5, 0.6) is 0 Å². The number of methoxy groups -OCH3 is 1. The zero-order valence-corrected chi connectivity index (χ0v) is 10.5. The van der Waals surface area contributed by atoms with Gasteiger partial charge in [-0.05, 0) is 25.1 Å². The van der Waals surface area contributed by atoms with Gasteiger partial charge in [0.15, 0.2) is 11.5 Å². The van der Waals surface area contributed by atoms with Crippen LogP contribution in [-0.2, 0) is 11.2 Å². The fourth-order valence-corrected chi connectivity index (χ4v) is 1.79. The predicted molar refractivity (Wildman–Crippen MR) is 68.3 cm³/mol. The van der Waals surface area contributed by atoms with E-state index in [-0.39, 0.29) is 6.04 Å².